The molecule has 1 aliphatic heterocycles. The first kappa shape index (κ1) is 15.6. The summed E-state index contributed by atoms with van der Waals surface area (Å²) in [6.07, 6.45) is 6.34. The Morgan fingerprint density at radius 1 is 1.17 bits per heavy atom. The molecule has 128 valence electrons. The van der Waals surface area contributed by atoms with E-state index in [1.807, 2.05) is 24.4 Å². The van der Waals surface area contributed by atoms with Crippen LogP contribution in [0.4, 0.5) is 5.95 Å². The Hall–Kier alpha value is -1.92. The van der Waals surface area contributed by atoms with Crippen LogP contribution in [-0.2, 0) is 4.74 Å². The smallest absolute Gasteiger partial charge is 0.223 e. The highest BCUT2D eigenvalue weighted by Crippen LogP contribution is 2.24. The van der Waals surface area contributed by atoms with Gasteiger partial charge >= 0.3 is 0 Å². The number of anilines is 1. The number of aromatic nitrogens is 2. The summed E-state index contributed by atoms with van der Waals surface area (Å²) in [5.74, 6) is 1.47. The average Bonchev–Trinajstić information content (AvgIpc) is 3.10. The highest BCUT2D eigenvalue weighted by Gasteiger charge is 2.20. The van der Waals surface area contributed by atoms with Crippen LogP contribution >= 0.6 is 0 Å². The number of fused-ring (bicyclic) bond motifs is 1. The zero-order valence-corrected chi connectivity index (χ0v) is 13.6. The van der Waals surface area contributed by atoms with Crippen LogP contribution in [0.3, 0.4) is 0 Å². The monoisotopic (exact) mass is 329 g/mol. The minimum absolute atomic E-state index is 0.135. The van der Waals surface area contributed by atoms with E-state index in [2.05, 4.69) is 15.3 Å². The van der Waals surface area contributed by atoms with Gasteiger partial charge in [0.15, 0.2) is 0 Å². The molecule has 0 bridgehead atoms. The van der Waals surface area contributed by atoms with Crippen LogP contribution in [0.5, 0.6) is 5.75 Å². The van der Waals surface area contributed by atoms with E-state index in [4.69, 9.17) is 9.47 Å². The van der Waals surface area contributed by atoms with Crippen molar-refractivity contribution in [2.45, 2.75) is 50.4 Å². The molecule has 1 saturated carbocycles. The number of hydrogen-bond acceptors (Lipinski definition) is 6. The number of ether oxygens (including phenoxy) is 2. The molecule has 4 rings (SSSR count). The number of rotatable bonds is 4. The summed E-state index contributed by atoms with van der Waals surface area (Å²) in [7, 11) is 0. The van der Waals surface area contributed by atoms with Crippen LogP contribution in [-0.4, -0.2) is 46.5 Å². The lowest BCUT2D eigenvalue weighted by molar-refractivity contribution is 0.126. The van der Waals surface area contributed by atoms with Gasteiger partial charge in [-0.15, -0.1) is 0 Å². The molecule has 1 aromatic heterocycles. The van der Waals surface area contributed by atoms with Crippen molar-refractivity contribution in [3.05, 3.63) is 24.4 Å². The van der Waals surface area contributed by atoms with E-state index in [-0.39, 0.29) is 12.2 Å². The summed E-state index contributed by atoms with van der Waals surface area (Å²) >= 11 is 0. The summed E-state index contributed by atoms with van der Waals surface area (Å²) < 4.78 is 11.3. The fraction of sp³-hybridized carbons (Fsp3) is 0.556. The molecule has 2 N–H and O–H groups in total. The molecular formula is C18H23N3O3. The third kappa shape index (κ3) is 3.60. The van der Waals surface area contributed by atoms with Gasteiger partial charge in [-0.25, -0.2) is 9.97 Å². The Morgan fingerprint density at radius 2 is 2.04 bits per heavy atom. The topological polar surface area (TPSA) is 76.5 Å². The Labute approximate surface area is 141 Å². The Kier molecular flexibility index (Phi) is 4.49. The van der Waals surface area contributed by atoms with Gasteiger partial charge in [0.2, 0.25) is 5.95 Å². The van der Waals surface area contributed by atoms with Crippen molar-refractivity contribution >= 4 is 16.9 Å². The standard InChI is InChI=1S/C18H23N3O3/c22-14-4-2-13(3-5-14)20-18-19-10-12-1-6-15(9-17(12)21-18)24-16-7-8-23-11-16/h1,6,9-10,13-14,16,22H,2-5,7-8,11H2,(H,19,20,21)/t13-,14-,16-/m1/s1. The maximum absolute atomic E-state index is 9.60. The van der Waals surface area contributed by atoms with E-state index in [0.29, 0.717) is 18.6 Å². The van der Waals surface area contributed by atoms with E-state index in [1.165, 1.54) is 0 Å². The first-order valence-electron chi connectivity index (χ1n) is 8.72. The second kappa shape index (κ2) is 6.91. The third-order valence-electron chi connectivity index (χ3n) is 4.77. The normalized spacial score (nSPS) is 27.3. The lowest BCUT2D eigenvalue weighted by Crippen LogP contribution is -2.28. The van der Waals surface area contributed by atoms with E-state index < -0.39 is 0 Å². The van der Waals surface area contributed by atoms with E-state index in [0.717, 1.165) is 55.4 Å². The molecule has 1 aliphatic carbocycles. The summed E-state index contributed by atoms with van der Waals surface area (Å²) in [6, 6.07) is 6.24. The molecule has 1 saturated heterocycles. The second-order valence-corrected chi connectivity index (χ2v) is 6.67. The Morgan fingerprint density at radius 3 is 2.83 bits per heavy atom. The first-order valence-corrected chi connectivity index (χ1v) is 8.72. The van der Waals surface area contributed by atoms with Crippen LogP contribution in [0.1, 0.15) is 32.1 Å². The van der Waals surface area contributed by atoms with Gasteiger partial charge in [-0.05, 0) is 37.8 Å². The fourth-order valence-electron chi connectivity index (χ4n) is 3.35. The quantitative estimate of drug-likeness (QED) is 0.897. The van der Waals surface area contributed by atoms with Crippen LogP contribution in [0.25, 0.3) is 10.9 Å². The van der Waals surface area contributed by atoms with Gasteiger partial charge in [0.05, 0.1) is 24.8 Å². The highest BCUT2D eigenvalue weighted by molar-refractivity contribution is 5.80. The fourth-order valence-corrected chi connectivity index (χ4v) is 3.35. The van der Waals surface area contributed by atoms with Gasteiger partial charge < -0.3 is 19.9 Å². The average molecular weight is 329 g/mol. The van der Waals surface area contributed by atoms with Crippen molar-refractivity contribution in [1.29, 1.82) is 0 Å². The number of nitrogens with one attached hydrogen (secondary N) is 1. The molecule has 1 aromatic carbocycles. The zero-order valence-electron chi connectivity index (χ0n) is 13.6. The van der Waals surface area contributed by atoms with Gasteiger partial charge in [-0.2, -0.15) is 0 Å². The van der Waals surface area contributed by atoms with Gasteiger partial charge in [0.1, 0.15) is 11.9 Å². The zero-order chi connectivity index (χ0) is 16.4. The molecule has 2 heterocycles. The SMILES string of the molecule is O[C@H]1CC[C@H](Nc2ncc3ccc(O[C@@H]4CCOC4)cc3n2)CC1. The van der Waals surface area contributed by atoms with Crippen molar-refractivity contribution in [3.63, 3.8) is 0 Å². The van der Waals surface area contributed by atoms with Crippen molar-refractivity contribution < 1.29 is 14.6 Å². The Bertz CT molecular complexity index is 695. The lowest BCUT2D eigenvalue weighted by Gasteiger charge is -2.26. The minimum atomic E-state index is -0.153. The number of nitrogens with zero attached hydrogens (tertiary/aromatic N) is 2. The maximum Gasteiger partial charge on any atom is 0.223 e. The molecule has 0 amide bonds. The van der Waals surface area contributed by atoms with E-state index >= 15 is 0 Å². The van der Waals surface area contributed by atoms with E-state index in [1.54, 1.807) is 0 Å². The van der Waals surface area contributed by atoms with Crippen LogP contribution in [0.15, 0.2) is 24.4 Å². The molecule has 2 fully saturated rings. The number of benzene rings is 1. The highest BCUT2D eigenvalue weighted by atomic mass is 16.5. The van der Waals surface area contributed by atoms with Crippen molar-refractivity contribution in [2.24, 2.45) is 0 Å². The summed E-state index contributed by atoms with van der Waals surface area (Å²) in [6.45, 7) is 1.42. The maximum atomic E-state index is 9.60. The third-order valence-corrected chi connectivity index (χ3v) is 4.77. The molecule has 0 unspecified atom stereocenters. The predicted molar refractivity (Wildman–Crippen MR) is 91.3 cm³/mol. The van der Waals surface area contributed by atoms with Crippen LogP contribution < -0.4 is 10.1 Å². The van der Waals surface area contributed by atoms with Gasteiger partial charge in [0, 0.05) is 30.1 Å². The number of aliphatic hydroxyl groups is 1. The molecule has 2 aromatic rings. The summed E-state index contributed by atoms with van der Waals surface area (Å²) in [5.41, 5.74) is 0.875. The number of hydrogen-bond donors (Lipinski definition) is 2. The molecule has 6 heteroatoms. The summed E-state index contributed by atoms with van der Waals surface area (Å²) in [4.78, 5) is 9.04. The van der Waals surface area contributed by atoms with E-state index in [9.17, 15) is 5.11 Å². The minimum Gasteiger partial charge on any atom is -0.488 e. The predicted octanol–water partition coefficient (Wildman–Crippen LogP) is 2.51. The van der Waals surface area contributed by atoms with Crippen molar-refractivity contribution in [2.75, 3.05) is 18.5 Å². The van der Waals surface area contributed by atoms with Crippen molar-refractivity contribution in [1.82, 2.24) is 9.97 Å². The van der Waals surface area contributed by atoms with Gasteiger partial charge in [-0.1, -0.05) is 0 Å². The largest absolute Gasteiger partial charge is 0.488 e. The molecule has 0 radical (unpaired) electrons. The molecule has 1 atom stereocenters. The first-order chi connectivity index (χ1) is 11.8. The summed E-state index contributed by atoms with van der Waals surface area (Å²) in [5, 5.41) is 14.0. The number of aliphatic hydroxyl groups excluding tert-OH is 1. The Balaban J connectivity index is 1.48. The molecule has 0 spiro atoms. The molecule has 24 heavy (non-hydrogen) atoms. The van der Waals surface area contributed by atoms with Gasteiger partial charge in [0.25, 0.3) is 0 Å². The van der Waals surface area contributed by atoms with Crippen LogP contribution in [0, 0.1) is 0 Å². The second-order valence-electron chi connectivity index (χ2n) is 6.67. The lowest BCUT2D eigenvalue weighted by atomic mass is 9.93. The van der Waals surface area contributed by atoms with Crippen molar-refractivity contribution in [3.8, 4) is 5.75 Å². The molecular weight excluding hydrogens is 306 g/mol. The molecule has 6 nitrogen and oxygen atoms in total. The molecule has 2 aliphatic rings. The van der Waals surface area contributed by atoms with Gasteiger partial charge in [-0.3, -0.25) is 0 Å². The van der Waals surface area contributed by atoms with Crippen LogP contribution in [0.2, 0.25) is 0 Å².